The minimum atomic E-state index is -0.196. The van der Waals surface area contributed by atoms with Gasteiger partial charge in [0.15, 0.2) is 0 Å². The summed E-state index contributed by atoms with van der Waals surface area (Å²) in [4.78, 5) is 0. The van der Waals surface area contributed by atoms with Crippen molar-refractivity contribution in [2.24, 2.45) is 0 Å². The van der Waals surface area contributed by atoms with Crippen molar-refractivity contribution in [2.75, 3.05) is 0 Å². The molecule has 0 spiro atoms. The minimum Gasteiger partial charge on any atom is -0.388 e. The summed E-state index contributed by atoms with van der Waals surface area (Å²) in [5.41, 5.74) is 1.85. The molecular weight excluding hydrogens is 312 g/mol. The lowest BCUT2D eigenvalue weighted by molar-refractivity contribution is 0.340. The van der Waals surface area contributed by atoms with Crippen LogP contribution in [0.1, 0.15) is 45.2 Å². The predicted molar refractivity (Wildman–Crippen MR) is 96.0 cm³/mol. The number of hydrogen-bond donors (Lipinski definition) is 0. The van der Waals surface area contributed by atoms with E-state index < -0.39 is 0 Å². The first kappa shape index (κ1) is 18.4. The number of hydrogen-bond acceptors (Lipinski definition) is 4. The normalized spacial score (nSPS) is 11.3. The van der Waals surface area contributed by atoms with Crippen LogP contribution in [0.25, 0.3) is 0 Å². The number of nitrogens with zero attached hydrogens (tertiary/aromatic N) is 2. The summed E-state index contributed by atoms with van der Waals surface area (Å²) >= 11 is 0. The summed E-state index contributed by atoms with van der Waals surface area (Å²) in [6.45, 7) is 8.67. The highest BCUT2D eigenvalue weighted by atomic mass is 16.5. The van der Waals surface area contributed by atoms with E-state index in [1.54, 1.807) is 24.6 Å². The molecule has 2 aromatic rings. The smallest absolute Gasteiger partial charge is 0.292 e. The van der Waals surface area contributed by atoms with Gasteiger partial charge in [0.25, 0.3) is 12.5 Å². The Morgan fingerprint density at radius 3 is 2.00 bits per heavy atom. The van der Waals surface area contributed by atoms with Crippen LogP contribution in [0.5, 0.6) is 11.5 Å². The van der Waals surface area contributed by atoms with Crippen LogP contribution in [0, 0.1) is 23.0 Å². The highest BCUT2D eigenvalue weighted by Crippen LogP contribution is 2.42. The molecule has 0 aliphatic rings. The van der Waals surface area contributed by atoms with E-state index in [2.05, 4.69) is 27.7 Å². The molecule has 0 N–H and O–H groups in total. The number of para-hydroxylation sites is 1. The molecule has 0 bridgehead atoms. The Labute approximate surface area is 149 Å². The summed E-state index contributed by atoms with van der Waals surface area (Å²) in [6, 6.07) is 15.2. The van der Waals surface area contributed by atoms with Crippen LogP contribution in [-0.2, 0) is 10.8 Å². The molecule has 4 nitrogen and oxygen atoms in total. The van der Waals surface area contributed by atoms with Crippen molar-refractivity contribution in [3.63, 3.8) is 0 Å². The first-order valence-corrected chi connectivity index (χ1v) is 8.12. The number of rotatable bonds is 6. The van der Waals surface area contributed by atoms with Crippen LogP contribution >= 0.6 is 0 Å². The van der Waals surface area contributed by atoms with E-state index in [9.17, 15) is 0 Å². The fraction of sp³-hybridized carbons (Fsp3) is 0.333. The largest absolute Gasteiger partial charge is 0.388 e. The second-order valence-corrected chi connectivity index (χ2v) is 7.35. The SMILES string of the molecule is CC(C)(CC(C)(C)c1ccccc1OC#N)c1ccc(OC#N)cc1. The Balaban J connectivity index is 2.29. The van der Waals surface area contributed by atoms with E-state index in [1.165, 1.54) is 0 Å². The van der Waals surface area contributed by atoms with Gasteiger partial charge in [-0.05, 0) is 41.0 Å². The lowest BCUT2D eigenvalue weighted by Crippen LogP contribution is -2.30. The van der Waals surface area contributed by atoms with Gasteiger partial charge in [0.1, 0.15) is 11.5 Å². The third kappa shape index (κ3) is 4.31. The standard InChI is InChI=1S/C21H22N2O2/c1-20(2,16-9-11-17(12-10-16)24-14-22)13-21(3,4)18-7-5-6-8-19(18)25-15-23/h5-12H,13H2,1-4H3. The molecule has 0 saturated heterocycles. The fourth-order valence-electron chi connectivity index (χ4n) is 3.49. The molecule has 0 heterocycles. The number of benzene rings is 2. The number of nitriles is 2. The van der Waals surface area contributed by atoms with Crippen molar-refractivity contribution in [3.05, 3.63) is 59.7 Å². The van der Waals surface area contributed by atoms with Gasteiger partial charge in [0, 0.05) is 5.56 Å². The van der Waals surface area contributed by atoms with E-state index in [1.807, 2.05) is 36.4 Å². The van der Waals surface area contributed by atoms with Gasteiger partial charge in [0.2, 0.25) is 0 Å². The van der Waals surface area contributed by atoms with Gasteiger partial charge in [-0.15, -0.1) is 10.5 Å². The Morgan fingerprint density at radius 1 is 0.800 bits per heavy atom. The Bertz CT molecular complexity index is 809. The van der Waals surface area contributed by atoms with E-state index >= 15 is 0 Å². The van der Waals surface area contributed by atoms with Gasteiger partial charge in [-0.1, -0.05) is 58.0 Å². The van der Waals surface area contributed by atoms with Crippen LogP contribution in [-0.4, -0.2) is 0 Å². The zero-order chi connectivity index (χ0) is 18.5. The van der Waals surface area contributed by atoms with Crippen molar-refractivity contribution in [2.45, 2.75) is 44.9 Å². The van der Waals surface area contributed by atoms with Crippen molar-refractivity contribution < 1.29 is 9.47 Å². The molecule has 0 radical (unpaired) electrons. The minimum absolute atomic E-state index is 0.117. The topological polar surface area (TPSA) is 66.0 Å². The van der Waals surface area contributed by atoms with Gasteiger partial charge < -0.3 is 9.47 Å². The molecule has 0 fully saturated rings. The third-order valence-corrected chi connectivity index (χ3v) is 4.45. The predicted octanol–water partition coefficient (Wildman–Crippen LogP) is 5.05. The third-order valence-electron chi connectivity index (χ3n) is 4.45. The lowest BCUT2D eigenvalue weighted by Gasteiger charge is -2.36. The summed E-state index contributed by atoms with van der Waals surface area (Å²) in [5.74, 6) is 1.14. The monoisotopic (exact) mass is 334 g/mol. The molecule has 2 aromatic carbocycles. The molecule has 0 unspecified atom stereocenters. The van der Waals surface area contributed by atoms with Crippen LogP contribution in [0.4, 0.5) is 0 Å². The van der Waals surface area contributed by atoms with E-state index in [0.29, 0.717) is 11.5 Å². The molecular formula is C21H22N2O2. The van der Waals surface area contributed by atoms with Gasteiger partial charge >= 0.3 is 0 Å². The van der Waals surface area contributed by atoms with Gasteiger partial charge in [-0.3, -0.25) is 0 Å². The van der Waals surface area contributed by atoms with Crippen molar-refractivity contribution in [3.8, 4) is 24.0 Å². The maximum absolute atomic E-state index is 8.88. The summed E-state index contributed by atoms with van der Waals surface area (Å²) in [6.07, 6.45) is 4.30. The molecule has 0 atom stereocenters. The summed E-state index contributed by atoms with van der Waals surface area (Å²) in [5, 5.41) is 17.5. The average Bonchev–Trinajstić information content (AvgIpc) is 2.55. The molecule has 0 saturated carbocycles. The Kier molecular flexibility index (Phi) is 5.35. The molecule has 25 heavy (non-hydrogen) atoms. The summed E-state index contributed by atoms with van der Waals surface area (Å²) in [7, 11) is 0. The fourth-order valence-corrected chi connectivity index (χ4v) is 3.49. The molecule has 0 aliphatic heterocycles. The van der Waals surface area contributed by atoms with Crippen LogP contribution < -0.4 is 9.47 Å². The van der Waals surface area contributed by atoms with Crippen molar-refractivity contribution >= 4 is 0 Å². The van der Waals surface area contributed by atoms with E-state index in [4.69, 9.17) is 20.0 Å². The van der Waals surface area contributed by atoms with Gasteiger partial charge in [-0.2, -0.15) is 0 Å². The molecule has 4 heteroatoms. The molecule has 0 aromatic heterocycles. The van der Waals surface area contributed by atoms with Gasteiger partial charge in [0.05, 0.1) is 0 Å². The lowest BCUT2D eigenvalue weighted by atomic mass is 9.68. The first-order chi connectivity index (χ1) is 11.8. The van der Waals surface area contributed by atoms with E-state index in [0.717, 1.165) is 17.5 Å². The van der Waals surface area contributed by atoms with Crippen molar-refractivity contribution in [1.29, 1.82) is 10.5 Å². The maximum atomic E-state index is 8.88. The molecule has 2 rings (SSSR count). The zero-order valence-corrected chi connectivity index (χ0v) is 15.0. The van der Waals surface area contributed by atoms with Crippen LogP contribution in [0.2, 0.25) is 0 Å². The second-order valence-electron chi connectivity index (χ2n) is 7.35. The van der Waals surface area contributed by atoms with Crippen LogP contribution in [0.15, 0.2) is 48.5 Å². The maximum Gasteiger partial charge on any atom is 0.292 e. The zero-order valence-electron chi connectivity index (χ0n) is 15.0. The van der Waals surface area contributed by atoms with E-state index in [-0.39, 0.29) is 10.8 Å². The highest BCUT2D eigenvalue weighted by Gasteiger charge is 2.33. The van der Waals surface area contributed by atoms with Crippen LogP contribution in [0.3, 0.4) is 0 Å². The Hall–Kier alpha value is -2.98. The van der Waals surface area contributed by atoms with Crippen molar-refractivity contribution in [1.82, 2.24) is 0 Å². The highest BCUT2D eigenvalue weighted by molar-refractivity contribution is 5.41. The first-order valence-electron chi connectivity index (χ1n) is 8.12. The quantitative estimate of drug-likeness (QED) is 0.693. The van der Waals surface area contributed by atoms with Gasteiger partial charge in [-0.25, -0.2) is 0 Å². The number of ether oxygens (including phenoxy) is 2. The Morgan fingerprint density at radius 2 is 1.40 bits per heavy atom. The summed E-state index contributed by atoms with van der Waals surface area (Å²) < 4.78 is 9.99. The molecule has 0 aliphatic carbocycles. The average molecular weight is 334 g/mol. The second kappa shape index (κ2) is 7.28. The molecule has 128 valence electrons. The molecule has 0 amide bonds.